The molecule has 1 aliphatic heterocycles. The topological polar surface area (TPSA) is 127 Å². The Hall–Kier alpha value is -4.16. The number of nitrogens with zero attached hydrogens (tertiary/aromatic N) is 6. The number of benzene rings is 1. The number of nitrogens with two attached hydrogens (primary N) is 1. The summed E-state index contributed by atoms with van der Waals surface area (Å²) in [6.07, 6.45) is 1.59. The number of nitrogens with one attached hydrogen (secondary N) is 1. The Morgan fingerprint density at radius 2 is 1.92 bits per heavy atom. The number of aromatic nitrogens is 4. The number of piperazine rings is 1. The van der Waals surface area contributed by atoms with Gasteiger partial charge < -0.3 is 20.4 Å². The highest BCUT2D eigenvalue weighted by Gasteiger charge is 2.21. The largest absolute Gasteiger partial charge is 0.463 e. The van der Waals surface area contributed by atoms with Crippen molar-refractivity contribution < 1.29 is 9.21 Å². The summed E-state index contributed by atoms with van der Waals surface area (Å²) in [7, 11) is 1.63. The Kier molecular flexibility index (Phi) is 5.89. The number of rotatable bonds is 6. The summed E-state index contributed by atoms with van der Waals surface area (Å²) in [4.78, 5) is 33.8. The molecule has 6 rings (SSSR count). The molecule has 12 heteroatoms. The lowest BCUT2D eigenvalue weighted by molar-refractivity contribution is 0.0963. The van der Waals surface area contributed by atoms with Crippen LogP contribution in [0.15, 0.2) is 57.9 Å². The van der Waals surface area contributed by atoms with Crippen molar-refractivity contribution in [3.05, 3.63) is 64.0 Å². The number of fused-ring (bicyclic) bond motifs is 3. The Balaban J connectivity index is 1.16. The van der Waals surface area contributed by atoms with Crippen LogP contribution in [0.5, 0.6) is 0 Å². The van der Waals surface area contributed by atoms with Crippen molar-refractivity contribution in [2.75, 3.05) is 50.4 Å². The molecule has 3 N–H and O–H groups in total. The third-order valence-electron chi connectivity index (χ3n) is 6.76. The summed E-state index contributed by atoms with van der Waals surface area (Å²) in [6.45, 7) is 4.76. The molecular weight excluding hydrogens is 492 g/mol. The van der Waals surface area contributed by atoms with Gasteiger partial charge in [-0.1, -0.05) is 11.3 Å². The van der Waals surface area contributed by atoms with Crippen LogP contribution < -0.4 is 20.8 Å². The predicted molar refractivity (Wildman–Crippen MR) is 143 cm³/mol. The van der Waals surface area contributed by atoms with Crippen LogP contribution in [0.2, 0.25) is 0 Å². The van der Waals surface area contributed by atoms with E-state index in [2.05, 4.69) is 25.2 Å². The van der Waals surface area contributed by atoms with E-state index in [1.54, 1.807) is 28.5 Å². The number of nitrogen functional groups attached to an aromatic ring is 1. The molecule has 11 nitrogen and oxygen atoms in total. The van der Waals surface area contributed by atoms with Crippen molar-refractivity contribution in [1.82, 2.24) is 29.4 Å². The monoisotopic (exact) mass is 518 g/mol. The van der Waals surface area contributed by atoms with Crippen molar-refractivity contribution in [1.29, 1.82) is 0 Å². The van der Waals surface area contributed by atoms with E-state index < -0.39 is 0 Å². The number of amides is 1. The Labute approximate surface area is 215 Å². The van der Waals surface area contributed by atoms with Gasteiger partial charge in [-0.05, 0) is 42.5 Å². The van der Waals surface area contributed by atoms with Gasteiger partial charge in [0.2, 0.25) is 5.95 Å². The van der Waals surface area contributed by atoms with Crippen LogP contribution in [0.25, 0.3) is 27.3 Å². The molecule has 1 fully saturated rings. The average molecular weight is 519 g/mol. The molecule has 1 aromatic carbocycles. The van der Waals surface area contributed by atoms with Crippen molar-refractivity contribution in [3.8, 4) is 11.5 Å². The second-order valence-electron chi connectivity index (χ2n) is 8.90. The highest BCUT2D eigenvalue weighted by atomic mass is 32.1. The molecule has 0 radical (unpaired) electrons. The third kappa shape index (κ3) is 4.23. The zero-order chi connectivity index (χ0) is 25.5. The van der Waals surface area contributed by atoms with Gasteiger partial charge in [0.25, 0.3) is 5.91 Å². The molecule has 1 aliphatic rings. The van der Waals surface area contributed by atoms with Gasteiger partial charge in [-0.15, -0.1) is 0 Å². The normalized spacial score (nSPS) is 14.6. The fraction of sp³-hybridized carbons (Fsp3) is 0.280. The van der Waals surface area contributed by atoms with E-state index in [0.717, 1.165) is 60.0 Å². The van der Waals surface area contributed by atoms with Crippen molar-refractivity contribution >= 4 is 44.7 Å². The fourth-order valence-electron chi connectivity index (χ4n) is 4.73. The first-order chi connectivity index (χ1) is 18.0. The number of thiazole rings is 1. The Bertz CT molecular complexity index is 1630. The number of carbonyl (C=O) groups is 1. The van der Waals surface area contributed by atoms with E-state index in [4.69, 9.17) is 10.2 Å². The van der Waals surface area contributed by atoms with Crippen LogP contribution in [0.3, 0.4) is 0 Å². The second-order valence-corrected chi connectivity index (χ2v) is 9.86. The fourth-order valence-corrected chi connectivity index (χ4v) is 5.69. The molecule has 0 saturated carbocycles. The van der Waals surface area contributed by atoms with Gasteiger partial charge in [0.05, 0.1) is 11.8 Å². The first kappa shape index (κ1) is 23.3. The van der Waals surface area contributed by atoms with E-state index in [0.29, 0.717) is 29.2 Å². The number of hydrogen-bond donors (Lipinski definition) is 2. The van der Waals surface area contributed by atoms with Crippen LogP contribution >= 0.6 is 11.3 Å². The lowest BCUT2D eigenvalue weighted by atomic mass is 10.1. The van der Waals surface area contributed by atoms with Gasteiger partial charge in [-0.25, -0.2) is 0 Å². The standard InChI is InChI=1S/C25H26N8O3S/c1-27-23(34)16-4-6-17(7-5-16)31-11-8-30(9-12-31)10-13-32-22-21(37-25(32)35)19-15-18(20-3-2-14-36-20)29-33(19)24(26)28-22/h2-7,14-15H,8-13H2,1H3,(H2,26,28)(H,27,34). The average Bonchev–Trinajstić information content (AvgIpc) is 3.67. The van der Waals surface area contributed by atoms with E-state index in [1.165, 1.54) is 0 Å². The summed E-state index contributed by atoms with van der Waals surface area (Å²) in [6, 6.07) is 13.2. The molecular formula is C25H26N8O3S. The van der Waals surface area contributed by atoms with Crippen LogP contribution in [0.4, 0.5) is 11.6 Å². The highest BCUT2D eigenvalue weighted by Crippen LogP contribution is 2.28. The summed E-state index contributed by atoms with van der Waals surface area (Å²) in [5.74, 6) is 0.767. The number of anilines is 2. The zero-order valence-electron chi connectivity index (χ0n) is 20.3. The molecule has 4 aromatic heterocycles. The van der Waals surface area contributed by atoms with Gasteiger partial charge in [-0.3, -0.25) is 19.1 Å². The summed E-state index contributed by atoms with van der Waals surface area (Å²) in [5.41, 5.74) is 9.94. The first-order valence-corrected chi connectivity index (χ1v) is 12.9. The second kappa shape index (κ2) is 9.37. The minimum Gasteiger partial charge on any atom is -0.463 e. The van der Waals surface area contributed by atoms with Gasteiger partial charge in [0.1, 0.15) is 10.4 Å². The number of furan rings is 1. The summed E-state index contributed by atoms with van der Waals surface area (Å²) >= 11 is 1.16. The highest BCUT2D eigenvalue weighted by molar-refractivity contribution is 7.17. The van der Waals surface area contributed by atoms with Gasteiger partial charge in [0, 0.05) is 57.6 Å². The van der Waals surface area contributed by atoms with Gasteiger partial charge >= 0.3 is 4.87 Å². The van der Waals surface area contributed by atoms with E-state index in [1.807, 2.05) is 36.4 Å². The number of hydrogen-bond acceptors (Lipinski definition) is 9. The number of carbonyl (C=O) groups excluding carboxylic acids is 1. The van der Waals surface area contributed by atoms with Gasteiger partial charge in [-0.2, -0.15) is 14.6 Å². The maximum absolute atomic E-state index is 12.9. The summed E-state index contributed by atoms with van der Waals surface area (Å²) in [5, 5.41) is 7.15. The lowest BCUT2D eigenvalue weighted by Gasteiger charge is -2.36. The smallest absolute Gasteiger partial charge is 0.309 e. The van der Waals surface area contributed by atoms with E-state index in [9.17, 15) is 9.59 Å². The maximum atomic E-state index is 12.9. The van der Waals surface area contributed by atoms with E-state index >= 15 is 0 Å². The predicted octanol–water partition coefficient (Wildman–Crippen LogP) is 2.13. The van der Waals surface area contributed by atoms with Crippen LogP contribution in [0.1, 0.15) is 10.4 Å². The molecule has 0 spiro atoms. The molecule has 0 bridgehead atoms. The molecule has 1 saturated heterocycles. The van der Waals surface area contributed by atoms with Crippen molar-refractivity contribution in [2.24, 2.45) is 0 Å². The van der Waals surface area contributed by atoms with Crippen LogP contribution in [-0.2, 0) is 6.54 Å². The maximum Gasteiger partial charge on any atom is 0.309 e. The molecule has 1 amide bonds. The molecule has 37 heavy (non-hydrogen) atoms. The van der Waals surface area contributed by atoms with E-state index in [-0.39, 0.29) is 16.7 Å². The first-order valence-electron chi connectivity index (χ1n) is 12.0. The summed E-state index contributed by atoms with van der Waals surface area (Å²) < 4.78 is 9.49. The van der Waals surface area contributed by atoms with Crippen LogP contribution in [-0.4, -0.2) is 69.7 Å². The van der Waals surface area contributed by atoms with Gasteiger partial charge in [0.15, 0.2) is 11.4 Å². The molecule has 0 unspecified atom stereocenters. The lowest BCUT2D eigenvalue weighted by Crippen LogP contribution is -2.47. The quantitative estimate of drug-likeness (QED) is 0.350. The molecule has 5 heterocycles. The van der Waals surface area contributed by atoms with Crippen molar-refractivity contribution in [3.63, 3.8) is 0 Å². The zero-order valence-corrected chi connectivity index (χ0v) is 21.1. The third-order valence-corrected chi connectivity index (χ3v) is 7.75. The minimum absolute atomic E-state index is 0.0643. The molecule has 5 aromatic rings. The molecule has 0 aliphatic carbocycles. The Morgan fingerprint density at radius 1 is 1.14 bits per heavy atom. The minimum atomic E-state index is -0.0873. The SMILES string of the molecule is CNC(=O)c1ccc(N2CCN(CCn3c(=O)sc4c3nc(N)n3nc(-c5ccco5)cc43)CC2)cc1. The Morgan fingerprint density at radius 3 is 2.62 bits per heavy atom. The molecule has 190 valence electrons. The van der Waals surface area contributed by atoms with Crippen LogP contribution in [0, 0.1) is 0 Å². The molecule has 0 atom stereocenters. The van der Waals surface area contributed by atoms with Crippen molar-refractivity contribution in [2.45, 2.75) is 6.54 Å².